The summed E-state index contributed by atoms with van der Waals surface area (Å²) in [5.41, 5.74) is 1.06. The Kier molecular flexibility index (Phi) is 2.52. The molecule has 0 bridgehead atoms. The van der Waals surface area contributed by atoms with E-state index in [1.54, 1.807) is 0 Å². The van der Waals surface area contributed by atoms with Crippen LogP contribution >= 0.6 is 0 Å². The van der Waals surface area contributed by atoms with Crippen LogP contribution in [0, 0.1) is 11.8 Å². The highest BCUT2D eigenvalue weighted by Crippen LogP contribution is 2.36. The van der Waals surface area contributed by atoms with Gasteiger partial charge in [-0.3, -0.25) is 4.79 Å². The maximum atomic E-state index is 12.7. The zero-order chi connectivity index (χ0) is 12.8. The number of amides is 1. The molecule has 100 valence electrons. The maximum absolute atomic E-state index is 12.7. The molecule has 4 heteroatoms. The van der Waals surface area contributed by atoms with Crippen LogP contribution in [0.2, 0.25) is 0 Å². The van der Waals surface area contributed by atoms with Crippen LogP contribution in [0.4, 0.5) is 0 Å². The molecule has 2 fully saturated rings. The first-order chi connectivity index (χ1) is 9.33. The highest BCUT2D eigenvalue weighted by Gasteiger charge is 2.41. The molecule has 1 amide bonds. The van der Waals surface area contributed by atoms with Gasteiger partial charge < -0.3 is 15.0 Å². The van der Waals surface area contributed by atoms with Crippen LogP contribution in [0.5, 0.6) is 5.75 Å². The number of carbonyl (C=O) groups excluding carboxylic acids is 1. The van der Waals surface area contributed by atoms with E-state index >= 15 is 0 Å². The SMILES string of the molecule is O=C(C1COc2ccccc21)N1CC2CNCC2C1. The van der Waals surface area contributed by atoms with E-state index < -0.39 is 0 Å². The fourth-order valence-corrected chi connectivity index (χ4v) is 3.62. The third-order valence-corrected chi connectivity index (χ3v) is 4.70. The van der Waals surface area contributed by atoms with Crippen molar-refractivity contribution in [1.82, 2.24) is 10.2 Å². The Hall–Kier alpha value is -1.55. The van der Waals surface area contributed by atoms with Crippen LogP contribution in [0.25, 0.3) is 0 Å². The summed E-state index contributed by atoms with van der Waals surface area (Å²) in [5, 5.41) is 3.41. The smallest absolute Gasteiger partial charge is 0.233 e. The van der Waals surface area contributed by atoms with Crippen molar-refractivity contribution in [3.05, 3.63) is 29.8 Å². The molecule has 4 rings (SSSR count). The summed E-state index contributed by atoms with van der Waals surface area (Å²) in [6.45, 7) is 4.45. The van der Waals surface area contributed by atoms with Crippen LogP contribution in [-0.2, 0) is 4.79 Å². The summed E-state index contributed by atoms with van der Waals surface area (Å²) in [4.78, 5) is 14.7. The molecule has 3 unspecified atom stereocenters. The Balaban J connectivity index is 1.53. The first-order valence-corrected chi connectivity index (χ1v) is 7.04. The van der Waals surface area contributed by atoms with Crippen molar-refractivity contribution in [3.63, 3.8) is 0 Å². The lowest BCUT2D eigenvalue weighted by molar-refractivity contribution is -0.132. The minimum absolute atomic E-state index is 0.0945. The second kappa shape index (κ2) is 4.23. The third-order valence-electron chi connectivity index (χ3n) is 4.70. The minimum atomic E-state index is -0.0945. The largest absolute Gasteiger partial charge is 0.492 e. The number of hydrogen-bond acceptors (Lipinski definition) is 3. The van der Waals surface area contributed by atoms with Gasteiger partial charge in [0.25, 0.3) is 0 Å². The van der Waals surface area contributed by atoms with E-state index in [0.717, 1.165) is 37.5 Å². The first kappa shape index (κ1) is 11.3. The fourth-order valence-electron chi connectivity index (χ4n) is 3.62. The van der Waals surface area contributed by atoms with Crippen molar-refractivity contribution < 1.29 is 9.53 Å². The van der Waals surface area contributed by atoms with Crippen LogP contribution in [0.15, 0.2) is 24.3 Å². The Morgan fingerprint density at radius 2 is 1.95 bits per heavy atom. The normalized spacial score (nSPS) is 32.0. The molecule has 0 spiro atoms. The van der Waals surface area contributed by atoms with Gasteiger partial charge in [-0.25, -0.2) is 0 Å². The molecular weight excluding hydrogens is 240 g/mol. The molecule has 19 heavy (non-hydrogen) atoms. The summed E-state index contributed by atoms with van der Waals surface area (Å²) in [6.07, 6.45) is 0. The van der Waals surface area contributed by atoms with Crippen LogP contribution in [-0.4, -0.2) is 43.6 Å². The Labute approximate surface area is 112 Å². The molecule has 1 aromatic rings. The van der Waals surface area contributed by atoms with Crippen molar-refractivity contribution in [1.29, 1.82) is 0 Å². The molecule has 0 aromatic heterocycles. The standard InChI is InChI=1S/C15H18N2O2/c18-15(17-7-10-5-16-6-11(10)8-17)13-9-19-14-4-2-1-3-12(13)14/h1-4,10-11,13,16H,5-9H2. The highest BCUT2D eigenvalue weighted by molar-refractivity contribution is 5.85. The number of nitrogens with zero attached hydrogens (tertiary/aromatic N) is 1. The zero-order valence-electron chi connectivity index (χ0n) is 10.8. The van der Waals surface area contributed by atoms with E-state index in [0.29, 0.717) is 18.4 Å². The van der Waals surface area contributed by atoms with E-state index in [-0.39, 0.29) is 11.8 Å². The van der Waals surface area contributed by atoms with Crippen molar-refractivity contribution in [2.45, 2.75) is 5.92 Å². The van der Waals surface area contributed by atoms with Crippen molar-refractivity contribution in [2.75, 3.05) is 32.8 Å². The lowest BCUT2D eigenvalue weighted by Crippen LogP contribution is -2.36. The molecule has 0 aliphatic carbocycles. The first-order valence-electron chi connectivity index (χ1n) is 7.04. The number of ether oxygens (including phenoxy) is 1. The van der Waals surface area contributed by atoms with Gasteiger partial charge in [0.1, 0.15) is 18.3 Å². The van der Waals surface area contributed by atoms with Gasteiger partial charge >= 0.3 is 0 Å². The Bertz CT molecular complexity index is 505. The summed E-state index contributed by atoms with van der Waals surface area (Å²) >= 11 is 0. The second-order valence-electron chi connectivity index (χ2n) is 5.82. The van der Waals surface area contributed by atoms with E-state index in [1.807, 2.05) is 29.2 Å². The van der Waals surface area contributed by atoms with E-state index in [2.05, 4.69) is 5.32 Å². The number of likely N-dealkylation sites (tertiary alicyclic amines) is 1. The number of fused-ring (bicyclic) bond motifs is 2. The molecule has 0 saturated carbocycles. The molecule has 3 aliphatic rings. The summed E-state index contributed by atoms with van der Waals surface area (Å²) < 4.78 is 5.63. The van der Waals surface area contributed by atoms with Gasteiger partial charge in [0.05, 0.1) is 0 Å². The predicted molar refractivity (Wildman–Crippen MR) is 71.1 cm³/mol. The third kappa shape index (κ3) is 1.74. The Morgan fingerprint density at radius 1 is 1.21 bits per heavy atom. The summed E-state index contributed by atoms with van der Waals surface area (Å²) in [6, 6.07) is 7.91. The fraction of sp³-hybridized carbons (Fsp3) is 0.533. The maximum Gasteiger partial charge on any atom is 0.233 e. The van der Waals surface area contributed by atoms with Gasteiger partial charge in [-0.2, -0.15) is 0 Å². The van der Waals surface area contributed by atoms with Gasteiger partial charge in [0.15, 0.2) is 0 Å². The van der Waals surface area contributed by atoms with Crippen molar-refractivity contribution in [3.8, 4) is 5.75 Å². The molecule has 1 aromatic carbocycles. The molecule has 3 atom stereocenters. The highest BCUT2D eigenvalue weighted by atomic mass is 16.5. The van der Waals surface area contributed by atoms with Crippen molar-refractivity contribution >= 4 is 5.91 Å². The predicted octanol–water partition coefficient (Wildman–Crippen LogP) is 0.840. The number of rotatable bonds is 1. The van der Waals surface area contributed by atoms with Gasteiger partial charge in [-0.1, -0.05) is 18.2 Å². The molecule has 1 N–H and O–H groups in total. The molecule has 4 nitrogen and oxygen atoms in total. The number of para-hydroxylation sites is 1. The van der Waals surface area contributed by atoms with E-state index in [9.17, 15) is 4.79 Å². The monoisotopic (exact) mass is 258 g/mol. The number of hydrogen-bond donors (Lipinski definition) is 1. The zero-order valence-corrected chi connectivity index (χ0v) is 10.8. The molecular formula is C15H18N2O2. The van der Waals surface area contributed by atoms with Crippen LogP contribution in [0.3, 0.4) is 0 Å². The Morgan fingerprint density at radius 3 is 2.74 bits per heavy atom. The van der Waals surface area contributed by atoms with Gasteiger partial charge in [-0.05, 0) is 17.9 Å². The minimum Gasteiger partial charge on any atom is -0.492 e. The second-order valence-corrected chi connectivity index (χ2v) is 5.82. The average Bonchev–Trinajstić information content (AvgIpc) is 3.11. The molecule has 3 heterocycles. The quantitative estimate of drug-likeness (QED) is 0.811. The lowest BCUT2D eigenvalue weighted by atomic mass is 10.00. The van der Waals surface area contributed by atoms with E-state index in [1.165, 1.54) is 0 Å². The summed E-state index contributed by atoms with van der Waals surface area (Å²) in [7, 11) is 0. The van der Waals surface area contributed by atoms with Crippen LogP contribution < -0.4 is 10.1 Å². The summed E-state index contributed by atoms with van der Waals surface area (Å²) in [5.74, 6) is 2.34. The lowest BCUT2D eigenvalue weighted by Gasteiger charge is -2.21. The average molecular weight is 258 g/mol. The number of nitrogens with one attached hydrogen (secondary N) is 1. The molecule has 3 aliphatic heterocycles. The van der Waals surface area contributed by atoms with Crippen molar-refractivity contribution in [2.24, 2.45) is 11.8 Å². The van der Waals surface area contributed by atoms with Gasteiger partial charge in [0, 0.05) is 31.7 Å². The number of carbonyl (C=O) groups is 1. The van der Waals surface area contributed by atoms with Gasteiger partial charge in [-0.15, -0.1) is 0 Å². The van der Waals surface area contributed by atoms with Gasteiger partial charge in [0.2, 0.25) is 5.91 Å². The topological polar surface area (TPSA) is 41.6 Å². The number of benzene rings is 1. The molecule has 0 radical (unpaired) electrons. The van der Waals surface area contributed by atoms with Crippen LogP contribution in [0.1, 0.15) is 11.5 Å². The van der Waals surface area contributed by atoms with E-state index in [4.69, 9.17) is 4.74 Å². The molecule has 2 saturated heterocycles.